The summed E-state index contributed by atoms with van der Waals surface area (Å²) < 4.78 is 15.6. The van der Waals surface area contributed by atoms with E-state index in [1.165, 1.54) is 29.3 Å². The van der Waals surface area contributed by atoms with E-state index in [-0.39, 0.29) is 11.8 Å². The van der Waals surface area contributed by atoms with Gasteiger partial charge in [-0.05, 0) is 35.9 Å². The number of rotatable bonds is 3. The first-order valence-electron chi connectivity index (χ1n) is 9.84. The second-order valence-corrected chi connectivity index (χ2v) is 7.26. The molecule has 1 saturated heterocycles. The van der Waals surface area contributed by atoms with Gasteiger partial charge in [-0.1, -0.05) is 30.3 Å². The Kier molecular flexibility index (Phi) is 4.66. The number of pyridine rings is 1. The quantitative estimate of drug-likeness (QED) is 0.558. The lowest BCUT2D eigenvalue weighted by atomic mass is 10.0. The first-order chi connectivity index (χ1) is 15.1. The van der Waals surface area contributed by atoms with Crippen LogP contribution in [-0.2, 0) is 4.79 Å². The molecule has 2 amide bonds. The fourth-order valence-corrected chi connectivity index (χ4v) is 3.86. The van der Waals surface area contributed by atoms with Crippen molar-refractivity contribution < 1.29 is 14.0 Å². The van der Waals surface area contributed by atoms with Gasteiger partial charge in [0, 0.05) is 25.0 Å². The van der Waals surface area contributed by atoms with Crippen LogP contribution >= 0.6 is 0 Å². The van der Waals surface area contributed by atoms with Crippen molar-refractivity contribution in [2.45, 2.75) is 6.04 Å². The van der Waals surface area contributed by atoms with E-state index in [0.29, 0.717) is 35.4 Å². The number of imidazole rings is 1. The fraction of sp³-hybridized carbons (Fsp3) is 0.130. The largest absolute Gasteiger partial charge is 0.352 e. The lowest BCUT2D eigenvalue weighted by Crippen LogP contribution is -2.52. The molecule has 4 aromatic rings. The molecule has 7 nitrogen and oxygen atoms in total. The van der Waals surface area contributed by atoms with Crippen LogP contribution in [0.1, 0.15) is 22.0 Å². The van der Waals surface area contributed by atoms with Crippen LogP contribution in [0.5, 0.6) is 0 Å². The molecule has 0 spiro atoms. The van der Waals surface area contributed by atoms with E-state index in [1.54, 1.807) is 18.5 Å². The highest BCUT2D eigenvalue weighted by Crippen LogP contribution is 2.26. The van der Waals surface area contributed by atoms with E-state index in [1.807, 2.05) is 34.9 Å². The Hall–Kier alpha value is -4.07. The van der Waals surface area contributed by atoms with Gasteiger partial charge in [0.2, 0.25) is 5.91 Å². The minimum atomic E-state index is -0.908. The SMILES string of the molecule is O=C1NCCN(C(=O)c2cnc3c(c2)ncn3-c2ccccc2)C1c1cccc(F)c1. The summed E-state index contributed by atoms with van der Waals surface area (Å²) in [4.78, 5) is 36.2. The molecule has 0 bridgehead atoms. The van der Waals surface area contributed by atoms with Crippen molar-refractivity contribution in [2.24, 2.45) is 0 Å². The summed E-state index contributed by atoms with van der Waals surface area (Å²) in [6.45, 7) is 0.636. The standard InChI is InChI=1S/C23H18FN5O2/c24-17-6-4-5-15(11-17)20-22(30)25-9-10-28(20)23(31)16-12-19-21(26-13-16)29(14-27-19)18-7-2-1-3-8-18/h1-8,11-14,20H,9-10H2,(H,25,30). The van der Waals surface area contributed by atoms with Gasteiger partial charge in [0.1, 0.15) is 23.7 Å². The zero-order chi connectivity index (χ0) is 21.4. The second kappa shape index (κ2) is 7.64. The van der Waals surface area contributed by atoms with Crippen LogP contribution in [0.25, 0.3) is 16.9 Å². The van der Waals surface area contributed by atoms with E-state index in [4.69, 9.17) is 0 Å². The fourth-order valence-electron chi connectivity index (χ4n) is 3.86. The molecule has 2 aromatic heterocycles. The third-order valence-corrected chi connectivity index (χ3v) is 5.31. The smallest absolute Gasteiger partial charge is 0.256 e. The van der Waals surface area contributed by atoms with Gasteiger partial charge in [-0.2, -0.15) is 0 Å². The average molecular weight is 415 g/mol. The number of benzene rings is 2. The van der Waals surface area contributed by atoms with Crippen molar-refractivity contribution in [3.8, 4) is 5.69 Å². The Morgan fingerprint density at radius 3 is 2.71 bits per heavy atom. The number of amides is 2. The van der Waals surface area contributed by atoms with Gasteiger partial charge >= 0.3 is 0 Å². The summed E-state index contributed by atoms with van der Waals surface area (Å²) in [7, 11) is 0. The predicted octanol–water partition coefficient (Wildman–Crippen LogP) is 2.87. The second-order valence-electron chi connectivity index (χ2n) is 7.26. The van der Waals surface area contributed by atoms with Crippen LogP contribution in [0.15, 0.2) is 73.2 Å². The number of piperazine rings is 1. The number of nitrogens with zero attached hydrogens (tertiary/aromatic N) is 4. The summed E-state index contributed by atoms with van der Waals surface area (Å²) in [5.74, 6) is -1.15. The van der Waals surface area contributed by atoms with Crippen molar-refractivity contribution >= 4 is 23.0 Å². The van der Waals surface area contributed by atoms with Crippen molar-refractivity contribution in [3.05, 3.63) is 90.1 Å². The van der Waals surface area contributed by atoms with E-state index in [9.17, 15) is 14.0 Å². The summed E-state index contributed by atoms with van der Waals surface area (Å²) in [6.07, 6.45) is 3.14. The van der Waals surface area contributed by atoms with Crippen molar-refractivity contribution in [1.29, 1.82) is 0 Å². The van der Waals surface area contributed by atoms with Crippen LogP contribution in [0.3, 0.4) is 0 Å². The van der Waals surface area contributed by atoms with Gasteiger partial charge in [0.25, 0.3) is 5.91 Å². The number of hydrogen-bond acceptors (Lipinski definition) is 4. The Morgan fingerprint density at radius 1 is 1.06 bits per heavy atom. The number of para-hydroxylation sites is 1. The minimum Gasteiger partial charge on any atom is -0.352 e. The van der Waals surface area contributed by atoms with E-state index >= 15 is 0 Å². The number of carbonyl (C=O) groups is 2. The van der Waals surface area contributed by atoms with Gasteiger partial charge in [0.15, 0.2) is 5.65 Å². The molecule has 1 N–H and O–H groups in total. The Bertz CT molecular complexity index is 1290. The van der Waals surface area contributed by atoms with Crippen molar-refractivity contribution in [2.75, 3.05) is 13.1 Å². The number of halogens is 1. The Morgan fingerprint density at radius 2 is 1.90 bits per heavy atom. The average Bonchev–Trinajstić information content (AvgIpc) is 3.22. The molecule has 1 atom stereocenters. The van der Waals surface area contributed by atoms with Crippen LogP contribution in [0.2, 0.25) is 0 Å². The molecular formula is C23H18FN5O2. The summed E-state index contributed by atoms with van der Waals surface area (Å²) in [5, 5.41) is 2.75. The number of hydrogen-bond donors (Lipinski definition) is 1. The molecule has 154 valence electrons. The third kappa shape index (κ3) is 3.42. The van der Waals surface area contributed by atoms with Gasteiger partial charge in [-0.25, -0.2) is 14.4 Å². The normalized spacial score (nSPS) is 16.4. The van der Waals surface area contributed by atoms with E-state index in [2.05, 4.69) is 15.3 Å². The highest BCUT2D eigenvalue weighted by atomic mass is 19.1. The Labute approximate surface area is 177 Å². The molecule has 0 radical (unpaired) electrons. The summed E-state index contributed by atoms with van der Waals surface area (Å²) >= 11 is 0. The van der Waals surface area contributed by atoms with Gasteiger partial charge in [0.05, 0.1) is 5.56 Å². The van der Waals surface area contributed by atoms with Crippen LogP contribution in [-0.4, -0.2) is 44.3 Å². The number of nitrogens with one attached hydrogen (secondary N) is 1. The van der Waals surface area contributed by atoms with Crippen LogP contribution in [0, 0.1) is 5.82 Å². The molecule has 1 unspecified atom stereocenters. The van der Waals surface area contributed by atoms with Gasteiger partial charge in [-0.3, -0.25) is 14.2 Å². The molecule has 3 heterocycles. The molecule has 1 aliphatic rings. The van der Waals surface area contributed by atoms with Crippen LogP contribution in [0.4, 0.5) is 4.39 Å². The Balaban J connectivity index is 1.50. The number of fused-ring (bicyclic) bond motifs is 1. The first-order valence-corrected chi connectivity index (χ1v) is 9.84. The first kappa shape index (κ1) is 18.9. The predicted molar refractivity (Wildman–Crippen MR) is 112 cm³/mol. The molecule has 1 fully saturated rings. The van der Waals surface area contributed by atoms with Crippen LogP contribution < -0.4 is 5.32 Å². The van der Waals surface area contributed by atoms with Crippen molar-refractivity contribution in [3.63, 3.8) is 0 Å². The number of aromatic nitrogens is 3. The molecule has 5 rings (SSSR count). The summed E-state index contributed by atoms with van der Waals surface area (Å²) in [5.41, 5.74) is 2.85. The van der Waals surface area contributed by atoms with E-state index in [0.717, 1.165) is 5.69 Å². The maximum atomic E-state index is 13.8. The maximum absolute atomic E-state index is 13.8. The van der Waals surface area contributed by atoms with Gasteiger partial charge in [-0.15, -0.1) is 0 Å². The molecule has 2 aromatic carbocycles. The lowest BCUT2D eigenvalue weighted by Gasteiger charge is -2.35. The summed E-state index contributed by atoms with van der Waals surface area (Å²) in [6, 6.07) is 16.2. The molecular weight excluding hydrogens is 397 g/mol. The van der Waals surface area contributed by atoms with Crippen molar-refractivity contribution in [1.82, 2.24) is 24.8 Å². The minimum absolute atomic E-state index is 0.308. The molecule has 1 aliphatic heterocycles. The highest BCUT2D eigenvalue weighted by molar-refractivity contribution is 6.00. The zero-order valence-corrected chi connectivity index (χ0v) is 16.4. The molecule has 0 aliphatic carbocycles. The monoisotopic (exact) mass is 415 g/mol. The number of carbonyl (C=O) groups excluding carboxylic acids is 2. The highest BCUT2D eigenvalue weighted by Gasteiger charge is 2.35. The van der Waals surface area contributed by atoms with Gasteiger partial charge < -0.3 is 10.2 Å². The topological polar surface area (TPSA) is 80.1 Å². The third-order valence-electron chi connectivity index (χ3n) is 5.31. The molecule has 8 heteroatoms. The lowest BCUT2D eigenvalue weighted by molar-refractivity contribution is -0.128. The molecule has 0 saturated carbocycles. The maximum Gasteiger partial charge on any atom is 0.256 e. The van der Waals surface area contributed by atoms with E-state index < -0.39 is 11.9 Å². The zero-order valence-electron chi connectivity index (χ0n) is 16.4. The molecule has 31 heavy (non-hydrogen) atoms.